The van der Waals surface area contributed by atoms with Crippen LogP contribution in [0.1, 0.15) is 26.2 Å². The molecule has 0 saturated carbocycles. The van der Waals surface area contributed by atoms with Gasteiger partial charge in [0, 0.05) is 6.61 Å². The Morgan fingerprint density at radius 1 is 1.30 bits per heavy atom. The van der Waals surface area contributed by atoms with Crippen molar-refractivity contribution in [1.29, 1.82) is 0 Å². The molecule has 10 heavy (non-hydrogen) atoms. The third kappa shape index (κ3) is 10.9. The molecule has 0 atom stereocenters. The fourth-order valence-electron chi connectivity index (χ4n) is 0.541. The first kappa shape index (κ1) is 12.7. The van der Waals surface area contributed by atoms with Gasteiger partial charge in [-0.3, -0.25) is 0 Å². The smallest absolute Gasteiger partial charge is 0.402 e. The Hall–Kier alpha value is 0.00987. The normalized spacial score (nSPS) is 8.70. The van der Waals surface area contributed by atoms with Crippen LogP contribution in [0.3, 0.4) is 0 Å². The van der Waals surface area contributed by atoms with Crippen molar-refractivity contribution >= 4 is 15.7 Å². The van der Waals surface area contributed by atoms with Gasteiger partial charge in [0.25, 0.3) is 0 Å². The number of hydrogen-bond donors (Lipinski definition) is 2. The Labute approximate surface area is 64.2 Å². The molecular formula is C5H16B2O3. The van der Waals surface area contributed by atoms with E-state index in [0.717, 1.165) is 19.3 Å². The molecule has 5 heteroatoms. The highest BCUT2D eigenvalue weighted by molar-refractivity contribution is 6.32. The van der Waals surface area contributed by atoms with Crippen molar-refractivity contribution in [2.24, 2.45) is 0 Å². The van der Waals surface area contributed by atoms with Crippen LogP contribution in [-0.4, -0.2) is 32.4 Å². The molecular weight excluding hydrogens is 130 g/mol. The Morgan fingerprint density at radius 3 is 2.30 bits per heavy atom. The van der Waals surface area contributed by atoms with Crippen molar-refractivity contribution in [3.8, 4) is 0 Å². The molecule has 0 amide bonds. The van der Waals surface area contributed by atoms with Crippen LogP contribution in [0.4, 0.5) is 0 Å². The van der Waals surface area contributed by atoms with Crippen LogP contribution in [0.5, 0.6) is 0 Å². The van der Waals surface area contributed by atoms with E-state index in [9.17, 15) is 0 Å². The summed E-state index contributed by atoms with van der Waals surface area (Å²) in [6, 6.07) is 0. The van der Waals surface area contributed by atoms with E-state index in [4.69, 9.17) is 10.0 Å². The first-order valence-corrected chi connectivity index (χ1v) is 3.25. The molecule has 3 nitrogen and oxygen atoms in total. The number of unbranched alkanes of at least 4 members (excludes halogenated alkanes) is 2. The van der Waals surface area contributed by atoms with E-state index >= 15 is 0 Å². The molecule has 0 unspecified atom stereocenters. The summed E-state index contributed by atoms with van der Waals surface area (Å²) in [5.74, 6) is 0. The van der Waals surface area contributed by atoms with E-state index in [2.05, 4.69) is 11.6 Å². The molecule has 0 rings (SSSR count). The Kier molecular flexibility index (Phi) is 11.4. The average molecular weight is 146 g/mol. The lowest BCUT2D eigenvalue weighted by atomic mass is 10.2. The van der Waals surface area contributed by atoms with Crippen LogP contribution in [0, 0.1) is 0 Å². The second-order valence-electron chi connectivity index (χ2n) is 1.90. The van der Waals surface area contributed by atoms with Gasteiger partial charge in [-0.1, -0.05) is 19.8 Å². The van der Waals surface area contributed by atoms with Gasteiger partial charge in [0.2, 0.25) is 0 Å². The third-order valence-corrected chi connectivity index (χ3v) is 1.01. The molecule has 0 fully saturated rings. The summed E-state index contributed by atoms with van der Waals surface area (Å²) in [5, 5.41) is 16.4. The van der Waals surface area contributed by atoms with Gasteiger partial charge < -0.3 is 14.7 Å². The molecule has 0 aliphatic rings. The molecule has 0 radical (unpaired) electrons. The molecule has 0 aromatic rings. The first-order chi connectivity index (χ1) is 4.27. The molecule has 0 aliphatic carbocycles. The van der Waals surface area contributed by atoms with Gasteiger partial charge in [-0.05, 0) is 6.42 Å². The zero-order valence-electron chi connectivity index (χ0n) is 5.71. The summed E-state index contributed by atoms with van der Waals surface area (Å²) in [6.45, 7) is 2.51. The van der Waals surface area contributed by atoms with Gasteiger partial charge in [0.15, 0.2) is 0 Å². The molecule has 60 valence electrons. The van der Waals surface area contributed by atoms with Crippen LogP contribution in [-0.2, 0) is 4.65 Å². The minimum atomic E-state index is -1.60. The van der Waals surface area contributed by atoms with Crippen molar-refractivity contribution in [3.05, 3.63) is 0 Å². The lowest BCUT2D eigenvalue weighted by Gasteiger charge is -1.99. The first-order valence-electron chi connectivity index (χ1n) is 3.25. The van der Waals surface area contributed by atoms with E-state index in [-0.39, 0.29) is 8.41 Å². The van der Waals surface area contributed by atoms with Crippen LogP contribution in [0.25, 0.3) is 0 Å². The molecule has 2 N–H and O–H groups in total. The summed E-state index contributed by atoms with van der Waals surface area (Å²) in [4.78, 5) is 0. The minimum absolute atomic E-state index is 0. The van der Waals surface area contributed by atoms with E-state index in [1.54, 1.807) is 0 Å². The zero-order valence-corrected chi connectivity index (χ0v) is 5.71. The topological polar surface area (TPSA) is 49.7 Å². The summed E-state index contributed by atoms with van der Waals surface area (Å²) in [7, 11) is -1.60. The van der Waals surface area contributed by atoms with Crippen LogP contribution < -0.4 is 0 Å². The van der Waals surface area contributed by atoms with E-state index in [1.807, 2.05) is 0 Å². The molecule has 0 heterocycles. The van der Waals surface area contributed by atoms with Gasteiger partial charge in [-0.15, -0.1) is 0 Å². The third-order valence-electron chi connectivity index (χ3n) is 1.01. The largest absolute Gasteiger partial charge is 0.633 e. The van der Waals surface area contributed by atoms with Crippen LogP contribution >= 0.6 is 0 Å². The van der Waals surface area contributed by atoms with Gasteiger partial charge in [0.05, 0.1) is 8.41 Å². The van der Waals surface area contributed by atoms with Gasteiger partial charge in [-0.25, -0.2) is 0 Å². The second-order valence-corrected chi connectivity index (χ2v) is 1.90. The molecule has 0 aliphatic heterocycles. The zero-order chi connectivity index (χ0) is 7.11. The van der Waals surface area contributed by atoms with Crippen molar-refractivity contribution in [3.63, 3.8) is 0 Å². The summed E-state index contributed by atoms with van der Waals surface area (Å²) >= 11 is 0. The quantitative estimate of drug-likeness (QED) is 0.385. The second kappa shape index (κ2) is 9.01. The molecule has 0 aromatic heterocycles. The number of rotatable bonds is 5. The fraction of sp³-hybridized carbons (Fsp3) is 1.00. The minimum Gasteiger partial charge on any atom is -0.402 e. The highest BCUT2D eigenvalue weighted by atomic mass is 16.6. The lowest BCUT2D eigenvalue weighted by Crippen LogP contribution is -2.17. The molecule has 0 saturated heterocycles. The van der Waals surface area contributed by atoms with Crippen LogP contribution in [0.2, 0.25) is 0 Å². The summed E-state index contributed by atoms with van der Waals surface area (Å²) in [5.41, 5.74) is 0. The van der Waals surface area contributed by atoms with E-state index in [1.165, 1.54) is 0 Å². The van der Waals surface area contributed by atoms with Crippen molar-refractivity contribution in [2.75, 3.05) is 6.61 Å². The van der Waals surface area contributed by atoms with Gasteiger partial charge in [-0.2, -0.15) is 0 Å². The van der Waals surface area contributed by atoms with Gasteiger partial charge in [0.1, 0.15) is 0 Å². The van der Waals surface area contributed by atoms with E-state index < -0.39 is 7.32 Å². The predicted molar refractivity (Wildman–Crippen MR) is 45.6 cm³/mol. The summed E-state index contributed by atoms with van der Waals surface area (Å²) in [6.07, 6.45) is 3.09. The lowest BCUT2D eigenvalue weighted by molar-refractivity contribution is 0.182. The van der Waals surface area contributed by atoms with E-state index in [0.29, 0.717) is 6.61 Å². The monoisotopic (exact) mass is 146 g/mol. The molecule has 0 bridgehead atoms. The Bertz CT molecular complexity index is 60.9. The Morgan fingerprint density at radius 2 is 1.90 bits per heavy atom. The number of hydrogen-bond acceptors (Lipinski definition) is 3. The predicted octanol–water partition coefficient (Wildman–Crippen LogP) is -1.02. The van der Waals surface area contributed by atoms with Crippen molar-refractivity contribution < 1.29 is 14.7 Å². The van der Waals surface area contributed by atoms with Crippen molar-refractivity contribution in [1.82, 2.24) is 0 Å². The van der Waals surface area contributed by atoms with Crippen molar-refractivity contribution in [2.45, 2.75) is 26.2 Å². The molecule has 0 spiro atoms. The maximum atomic E-state index is 8.19. The summed E-state index contributed by atoms with van der Waals surface area (Å²) < 4.78 is 4.46. The Balaban J connectivity index is 0. The molecule has 0 aromatic carbocycles. The maximum Gasteiger partial charge on any atom is 0.633 e. The standard InChI is InChI=1S/C5H13BO3.BH3/c1-2-3-4-5-9-6(7)8;/h7-8H,2-5H2,1H3;1H3. The SMILES string of the molecule is B.CCCCCOB(O)O. The highest BCUT2D eigenvalue weighted by Crippen LogP contribution is 1.93. The average Bonchev–Trinajstić information content (AvgIpc) is 1.80. The fourth-order valence-corrected chi connectivity index (χ4v) is 0.541. The highest BCUT2D eigenvalue weighted by Gasteiger charge is 2.05. The van der Waals surface area contributed by atoms with Gasteiger partial charge >= 0.3 is 7.32 Å². The van der Waals surface area contributed by atoms with Crippen LogP contribution in [0.15, 0.2) is 0 Å². The maximum absolute atomic E-state index is 8.19.